The summed E-state index contributed by atoms with van der Waals surface area (Å²) < 4.78 is 1.97. The third-order valence-corrected chi connectivity index (χ3v) is 2.81. The Labute approximate surface area is 86.6 Å². The molecule has 0 aliphatic rings. The summed E-state index contributed by atoms with van der Waals surface area (Å²) in [5.41, 5.74) is 1.07. The summed E-state index contributed by atoms with van der Waals surface area (Å²) in [5, 5.41) is 6.11. The van der Waals surface area contributed by atoms with Crippen molar-refractivity contribution in [1.82, 2.24) is 19.9 Å². The Kier molecular flexibility index (Phi) is 2.60. The highest BCUT2D eigenvalue weighted by molar-refractivity contribution is 7.13. The van der Waals surface area contributed by atoms with Crippen molar-refractivity contribution in [2.45, 2.75) is 6.54 Å². The Hall–Kier alpha value is -1.20. The smallest absolute Gasteiger partial charge is 0.168 e. The summed E-state index contributed by atoms with van der Waals surface area (Å²) in [5.74, 6) is 0.928. The molecule has 0 amide bonds. The average molecular weight is 208 g/mol. The van der Waals surface area contributed by atoms with Gasteiger partial charge in [0.1, 0.15) is 0 Å². The van der Waals surface area contributed by atoms with E-state index in [0.717, 1.165) is 23.1 Å². The lowest BCUT2D eigenvalue weighted by atomic mass is 10.5. The molecule has 1 N–H and O–H groups in total. The van der Waals surface area contributed by atoms with E-state index >= 15 is 0 Å². The van der Waals surface area contributed by atoms with Gasteiger partial charge in [0, 0.05) is 31.4 Å². The highest BCUT2D eigenvalue weighted by Gasteiger charge is 2.07. The van der Waals surface area contributed by atoms with Crippen LogP contribution in [0.3, 0.4) is 0 Å². The molecular weight excluding hydrogens is 196 g/mol. The molecule has 2 aromatic heterocycles. The molecule has 14 heavy (non-hydrogen) atoms. The predicted molar refractivity (Wildman–Crippen MR) is 57.1 cm³/mol. The number of aromatic nitrogens is 3. The Morgan fingerprint density at radius 1 is 1.57 bits per heavy atom. The fourth-order valence-corrected chi connectivity index (χ4v) is 2.10. The van der Waals surface area contributed by atoms with Crippen LogP contribution < -0.4 is 5.32 Å². The third-order valence-electron chi connectivity index (χ3n) is 1.92. The van der Waals surface area contributed by atoms with Crippen LogP contribution in [0.1, 0.15) is 5.69 Å². The third kappa shape index (κ3) is 1.69. The number of hydrogen-bond acceptors (Lipinski definition) is 4. The maximum Gasteiger partial charge on any atom is 0.168 e. The summed E-state index contributed by atoms with van der Waals surface area (Å²) in [6, 6.07) is 0. The molecular formula is C9H12N4S. The number of nitrogens with zero attached hydrogens (tertiary/aromatic N) is 3. The summed E-state index contributed by atoms with van der Waals surface area (Å²) in [6.07, 6.45) is 3.71. The van der Waals surface area contributed by atoms with Gasteiger partial charge in [0.15, 0.2) is 10.8 Å². The number of rotatable bonds is 3. The van der Waals surface area contributed by atoms with Crippen LogP contribution in [0.25, 0.3) is 10.8 Å². The van der Waals surface area contributed by atoms with Crippen LogP contribution in [-0.4, -0.2) is 21.6 Å². The minimum absolute atomic E-state index is 0.806. The average Bonchev–Trinajstić information content (AvgIpc) is 2.74. The molecule has 0 spiro atoms. The van der Waals surface area contributed by atoms with Gasteiger partial charge in [0.2, 0.25) is 0 Å². The zero-order chi connectivity index (χ0) is 9.97. The van der Waals surface area contributed by atoms with E-state index in [1.165, 1.54) is 0 Å². The molecule has 0 saturated heterocycles. The molecule has 0 aliphatic carbocycles. The minimum atomic E-state index is 0.806. The van der Waals surface area contributed by atoms with E-state index in [1.54, 1.807) is 17.5 Å². The number of thiazole rings is 1. The summed E-state index contributed by atoms with van der Waals surface area (Å²) in [6.45, 7) is 0.806. The Balaban J connectivity index is 2.29. The Morgan fingerprint density at radius 3 is 3.07 bits per heavy atom. The van der Waals surface area contributed by atoms with Gasteiger partial charge in [-0.3, -0.25) is 0 Å². The number of imidazole rings is 1. The van der Waals surface area contributed by atoms with Crippen molar-refractivity contribution in [1.29, 1.82) is 0 Å². The van der Waals surface area contributed by atoms with Gasteiger partial charge >= 0.3 is 0 Å². The first kappa shape index (κ1) is 9.36. The topological polar surface area (TPSA) is 42.7 Å². The molecule has 2 heterocycles. The van der Waals surface area contributed by atoms with Gasteiger partial charge in [0.25, 0.3) is 0 Å². The highest BCUT2D eigenvalue weighted by atomic mass is 32.1. The lowest BCUT2D eigenvalue weighted by Crippen LogP contribution is -2.05. The fraction of sp³-hybridized carbons (Fsp3) is 0.333. The van der Waals surface area contributed by atoms with Gasteiger partial charge in [-0.25, -0.2) is 9.97 Å². The number of nitrogens with one attached hydrogen (secondary N) is 1. The van der Waals surface area contributed by atoms with Crippen molar-refractivity contribution in [3.05, 3.63) is 23.5 Å². The molecule has 0 radical (unpaired) electrons. The molecule has 0 bridgehead atoms. The molecule has 0 saturated carbocycles. The van der Waals surface area contributed by atoms with E-state index in [4.69, 9.17) is 0 Å². The maximum absolute atomic E-state index is 4.48. The molecule has 0 fully saturated rings. The van der Waals surface area contributed by atoms with Crippen LogP contribution in [0.5, 0.6) is 0 Å². The number of aryl methyl sites for hydroxylation is 1. The maximum atomic E-state index is 4.48. The second-order valence-corrected chi connectivity index (χ2v) is 3.89. The van der Waals surface area contributed by atoms with Crippen molar-refractivity contribution < 1.29 is 0 Å². The van der Waals surface area contributed by atoms with Crippen molar-refractivity contribution in [3.63, 3.8) is 0 Å². The van der Waals surface area contributed by atoms with E-state index in [1.807, 2.05) is 24.9 Å². The van der Waals surface area contributed by atoms with E-state index in [-0.39, 0.29) is 0 Å². The van der Waals surface area contributed by atoms with Crippen LogP contribution in [0.2, 0.25) is 0 Å². The largest absolute Gasteiger partial charge is 0.332 e. The van der Waals surface area contributed by atoms with E-state index in [2.05, 4.69) is 20.7 Å². The highest BCUT2D eigenvalue weighted by Crippen LogP contribution is 2.21. The summed E-state index contributed by atoms with van der Waals surface area (Å²) in [7, 11) is 3.89. The van der Waals surface area contributed by atoms with Gasteiger partial charge in [-0.15, -0.1) is 11.3 Å². The van der Waals surface area contributed by atoms with Gasteiger partial charge < -0.3 is 9.88 Å². The zero-order valence-corrected chi connectivity index (χ0v) is 9.01. The normalized spacial score (nSPS) is 10.7. The first-order valence-corrected chi connectivity index (χ1v) is 5.26. The standard InChI is InChI=1S/C9H12N4S/c1-10-5-7-6-14-9(12-7)8-11-3-4-13(8)2/h3-4,6,10H,5H2,1-2H3. The predicted octanol–water partition coefficient (Wildman–Crippen LogP) is 1.26. The molecule has 2 rings (SSSR count). The number of hydrogen-bond donors (Lipinski definition) is 1. The fourth-order valence-electron chi connectivity index (χ4n) is 1.24. The Morgan fingerprint density at radius 2 is 2.43 bits per heavy atom. The molecule has 74 valence electrons. The quantitative estimate of drug-likeness (QED) is 0.826. The molecule has 4 nitrogen and oxygen atoms in total. The van der Waals surface area contributed by atoms with Crippen LogP contribution in [0.4, 0.5) is 0 Å². The first-order valence-electron chi connectivity index (χ1n) is 4.38. The van der Waals surface area contributed by atoms with Crippen LogP contribution in [0, 0.1) is 0 Å². The Bertz CT molecular complexity index is 418. The van der Waals surface area contributed by atoms with E-state index in [9.17, 15) is 0 Å². The molecule has 2 aromatic rings. The van der Waals surface area contributed by atoms with Gasteiger partial charge in [-0.2, -0.15) is 0 Å². The van der Waals surface area contributed by atoms with Crippen molar-refractivity contribution in [2.75, 3.05) is 7.05 Å². The SMILES string of the molecule is CNCc1csc(-c2nccn2C)n1. The second-order valence-electron chi connectivity index (χ2n) is 3.04. The lowest BCUT2D eigenvalue weighted by molar-refractivity contribution is 0.797. The van der Waals surface area contributed by atoms with Crippen molar-refractivity contribution in [3.8, 4) is 10.8 Å². The first-order chi connectivity index (χ1) is 6.81. The molecule has 0 aromatic carbocycles. The van der Waals surface area contributed by atoms with E-state index < -0.39 is 0 Å². The van der Waals surface area contributed by atoms with Crippen LogP contribution >= 0.6 is 11.3 Å². The summed E-state index contributed by atoms with van der Waals surface area (Å²) >= 11 is 1.63. The van der Waals surface area contributed by atoms with Gasteiger partial charge in [0.05, 0.1) is 5.69 Å². The molecule has 0 aliphatic heterocycles. The zero-order valence-electron chi connectivity index (χ0n) is 8.19. The van der Waals surface area contributed by atoms with Crippen LogP contribution in [0.15, 0.2) is 17.8 Å². The van der Waals surface area contributed by atoms with Crippen molar-refractivity contribution >= 4 is 11.3 Å². The van der Waals surface area contributed by atoms with Gasteiger partial charge in [-0.05, 0) is 7.05 Å². The molecule has 0 atom stereocenters. The van der Waals surface area contributed by atoms with E-state index in [0.29, 0.717) is 0 Å². The summed E-state index contributed by atoms with van der Waals surface area (Å²) in [4.78, 5) is 8.73. The molecule has 5 heteroatoms. The second kappa shape index (κ2) is 3.89. The van der Waals surface area contributed by atoms with Crippen LogP contribution in [-0.2, 0) is 13.6 Å². The minimum Gasteiger partial charge on any atom is -0.332 e. The van der Waals surface area contributed by atoms with Gasteiger partial charge in [-0.1, -0.05) is 0 Å². The molecule has 0 unspecified atom stereocenters. The lowest BCUT2D eigenvalue weighted by Gasteiger charge is -1.95. The monoisotopic (exact) mass is 208 g/mol. The van der Waals surface area contributed by atoms with Crippen molar-refractivity contribution in [2.24, 2.45) is 7.05 Å².